The summed E-state index contributed by atoms with van der Waals surface area (Å²) in [5, 5.41) is 3.07. The van der Waals surface area contributed by atoms with Crippen LogP contribution in [0.15, 0.2) is 53.5 Å². The van der Waals surface area contributed by atoms with E-state index in [9.17, 15) is 9.59 Å². The highest BCUT2D eigenvalue weighted by Crippen LogP contribution is 2.33. The number of anilines is 1. The number of aliphatic imine (C=N–C) groups is 1. The van der Waals surface area contributed by atoms with Gasteiger partial charge in [-0.1, -0.05) is 41.6 Å². The van der Waals surface area contributed by atoms with Crippen LogP contribution < -0.4 is 10.1 Å². The summed E-state index contributed by atoms with van der Waals surface area (Å²) in [4.78, 5) is 31.9. The maximum atomic E-state index is 13.1. The van der Waals surface area contributed by atoms with Crippen LogP contribution in [0.2, 0.25) is 5.02 Å². The second kappa shape index (κ2) is 11.3. The topological polar surface area (TPSA) is 89.5 Å². The molecule has 0 aromatic heterocycles. The van der Waals surface area contributed by atoms with Gasteiger partial charge in [0.25, 0.3) is 0 Å². The van der Waals surface area contributed by atoms with E-state index in [4.69, 9.17) is 25.8 Å². The predicted molar refractivity (Wildman–Crippen MR) is 126 cm³/mol. The average Bonchev–Trinajstić information content (AvgIpc) is 3.06. The molecule has 0 radical (unpaired) electrons. The van der Waals surface area contributed by atoms with Crippen molar-refractivity contribution in [2.75, 3.05) is 33.2 Å². The molecule has 8 nitrogen and oxygen atoms in total. The Morgan fingerprint density at radius 1 is 1.19 bits per heavy atom. The van der Waals surface area contributed by atoms with E-state index in [0.717, 1.165) is 0 Å². The number of thioether (sulfide) groups is 1. The van der Waals surface area contributed by atoms with Gasteiger partial charge in [0, 0.05) is 25.7 Å². The normalized spacial score (nSPS) is 17.3. The summed E-state index contributed by atoms with van der Waals surface area (Å²) >= 11 is 7.26. The van der Waals surface area contributed by atoms with Gasteiger partial charge in [-0.3, -0.25) is 14.5 Å². The molecule has 0 bridgehead atoms. The summed E-state index contributed by atoms with van der Waals surface area (Å²) in [6.07, 6.45) is -0.669. The number of amidine groups is 1. The molecule has 0 spiro atoms. The number of amides is 2. The van der Waals surface area contributed by atoms with Crippen LogP contribution in [0, 0.1) is 0 Å². The number of hydrogen-bond acceptors (Lipinski definition) is 7. The van der Waals surface area contributed by atoms with E-state index in [2.05, 4.69) is 10.3 Å². The Bertz CT molecular complexity index is 985. The Kier molecular flexibility index (Phi) is 8.52. The number of ether oxygens (including phenoxy) is 3. The first-order chi connectivity index (χ1) is 15.4. The van der Waals surface area contributed by atoms with Crippen LogP contribution >= 0.6 is 23.4 Å². The zero-order valence-electron chi connectivity index (χ0n) is 17.9. The van der Waals surface area contributed by atoms with Crippen molar-refractivity contribution in [3.05, 3.63) is 53.6 Å². The molecule has 2 aromatic rings. The van der Waals surface area contributed by atoms with E-state index in [1.165, 1.54) is 38.0 Å². The number of carbonyl (C=O) groups is 2. The standard InChI is InChI=1S/C22H24ClN3O5S/c1-29-17-10-9-14(23)11-16(17)25-19(27)12-18-21(28)26(13-20(30-2)31-3)22(32-18)24-15-7-5-4-6-8-15/h4-11,18,20H,12-13H2,1-3H3,(H,25,27)/t18-/m0/s1. The fourth-order valence-corrected chi connectivity index (χ4v) is 4.39. The molecule has 1 aliphatic rings. The number of para-hydroxylation sites is 1. The van der Waals surface area contributed by atoms with Crippen molar-refractivity contribution < 1.29 is 23.8 Å². The van der Waals surface area contributed by atoms with Gasteiger partial charge in [-0.05, 0) is 30.3 Å². The lowest BCUT2D eigenvalue weighted by atomic mass is 10.2. The van der Waals surface area contributed by atoms with Crippen molar-refractivity contribution in [1.82, 2.24) is 4.90 Å². The minimum absolute atomic E-state index is 0.0475. The molecule has 170 valence electrons. The second-order valence-corrected chi connectivity index (χ2v) is 8.39. The van der Waals surface area contributed by atoms with Gasteiger partial charge in [-0.15, -0.1) is 0 Å². The number of nitrogens with zero attached hydrogens (tertiary/aromatic N) is 2. The number of halogens is 1. The minimum Gasteiger partial charge on any atom is -0.495 e. The monoisotopic (exact) mass is 477 g/mol. The molecular weight excluding hydrogens is 454 g/mol. The summed E-state index contributed by atoms with van der Waals surface area (Å²) in [7, 11) is 4.50. The zero-order valence-corrected chi connectivity index (χ0v) is 19.5. The van der Waals surface area contributed by atoms with E-state index in [-0.39, 0.29) is 24.8 Å². The second-order valence-electron chi connectivity index (χ2n) is 6.78. The Hall–Kier alpha value is -2.59. The summed E-state index contributed by atoms with van der Waals surface area (Å²) in [6, 6.07) is 14.2. The van der Waals surface area contributed by atoms with Gasteiger partial charge in [0.1, 0.15) is 11.0 Å². The summed E-state index contributed by atoms with van der Waals surface area (Å²) in [5.41, 5.74) is 1.14. The molecule has 1 heterocycles. The lowest BCUT2D eigenvalue weighted by molar-refractivity contribution is -0.138. The number of benzene rings is 2. The van der Waals surface area contributed by atoms with Crippen molar-refractivity contribution in [3.8, 4) is 5.75 Å². The zero-order chi connectivity index (χ0) is 23.1. The van der Waals surface area contributed by atoms with Crippen molar-refractivity contribution in [2.45, 2.75) is 18.0 Å². The van der Waals surface area contributed by atoms with Gasteiger partial charge in [0.05, 0.1) is 25.0 Å². The Morgan fingerprint density at radius 2 is 1.91 bits per heavy atom. The van der Waals surface area contributed by atoms with Gasteiger partial charge < -0.3 is 19.5 Å². The first-order valence-electron chi connectivity index (χ1n) is 9.76. The van der Waals surface area contributed by atoms with E-state index in [1.54, 1.807) is 18.2 Å². The third kappa shape index (κ3) is 6.01. The van der Waals surface area contributed by atoms with Crippen molar-refractivity contribution in [3.63, 3.8) is 0 Å². The molecular formula is C22H24ClN3O5S. The van der Waals surface area contributed by atoms with Gasteiger partial charge >= 0.3 is 0 Å². The van der Waals surface area contributed by atoms with Crippen LogP contribution in [-0.2, 0) is 19.1 Å². The van der Waals surface area contributed by atoms with Crippen LogP contribution in [-0.4, -0.2) is 61.3 Å². The molecule has 10 heteroatoms. The van der Waals surface area contributed by atoms with Crippen LogP contribution in [0.4, 0.5) is 11.4 Å². The van der Waals surface area contributed by atoms with Crippen LogP contribution in [0.3, 0.4) is 0 Å². The number of carbonyl (C=O) groups excluding carboxylic acids is 2. The van der Waals surface area contributed by atoms with E-state index in [0.29, 0.717) is 27.3 Å². The average molecular weight is 478 g/mol. The lowest BCUT2D eigenvalue weighted by Gasteiger charge is -2.21. The number of hydrogen-bond donors (Lipinski definition) is 1. The maximum Gasteiger partial charge on any atom is 0.242 e. The highest BCUT2D eigenvalue weighted by atomic mass is 35.5. The van der Waals surface area contributed by atoms with Gasteiger partial charge in [0.15, 0.2) is 11.5 Å². The molecule has 1 aliphatic heterocycles. The molecule has 0 saturated carbocycles. The van der Waals surface area contributed by atoms with Gasteiger partial charge in [0.2, 0.25) is 11.8 Å². The van der Waals surface area contributed by atoms with Gasteiger partial charge in [-0.25, -0.2) is 4.99 Å². The SMILES string of the molecule is COc1ccc(Cl)cc1NC(=O)C[C@@H]1SC(=Nc2ccccc2)N(CC(OC)OC)C1=O. The lowest BCUT2D eigenvalue weighted by Crippen LogP contribution is -2.40. The minimum atomic E-state index is -0.642. The fourth-order valence-electron chi connectivity index (χ4n) is 3.05. The highest BCUT2D eigenvalue weighted by Gasteiger charge is 2.40. The molecule has 32 heavy (non-hydrogen) atoms. The first-order valence-corrected chi connectivity index (χ1v) is 11.0. The summed E-state index contributed by atoms with van der Waals surface area (Å²) in [5.74, 6) is -0.103. The van der Waals surface area contributed by atoms with Crippen molar-refractivity contribution in [2.24, 2.45) is 4.99 Å². The van der Waals surface area contributed by atoms with Crippen LogP contribution in [0.5, 0.6) is 5.75 Å². The predicted octanol–water partition coefficient (Wildman–Crippen LogP) is 3.93. The molecule has 1 atom stereocenters. The molecule has 1 saturated heterocycles. The quantitative estimate of drug-likeness (QED) is 0.550. The van der Waals surface area contributed by atoms with Crippen LogP contribution in [0.1, 0.15) is 6.42 Å². The summed E-state index contributed by atoms with van der Waals surface area (Å²) in [6.45, 7) is 0.157. The fraction of sp³-hybridized carbons (Fsp3) is 0.318. The van der Waals surface area contributed by atoms with Gasteiger partial charge in [-0.2, -0.15) is 0 Å². The van der Waals surface area contributed by atoms with E-state index >= 15 is 0 Å². The largest absolute Gasteiger partial charge is 0.495 e. The molecule has 1 fully saturated rings. The third-order valence-electron chi connectivity index (χ3n) is 4.66. The number of methoxy groups -OCH3 is 3. The smallest absolute Gasteiger partial charge is 0.242 e. The van der Waals surface area contributed by atoms with E-state index in [1.807, 2.05) is 30.3 Å². The molecule has 3 rings (SSSR count). The molecule has 0 aliphatic carbocycles. The Balaban J connectivity index is 1.78. The maximum absolute atomic E-state index is 13.1. The third-order valence-corrected chi connectivity index (χ3v) is 6.08. The Morgan fingerprint density at radius 3 is 2.56 bits per heavy atom. The summed E-state index contributed by atoms with van der Waals surface area (Å²) < 4.78 is 15.8. The molecule has 2 aromatic carbocycles. The molecule has 1 N–H and O–H groups in total. The Labute approximate surface area is 195 Å². The highest BCUT2D eigenvalue weighted by molar-refractivity contribution is 8.15. The van der Waals surface area contributed by atoms with Crippen molar-refractivity contribution in [1.29, 1.82) is 0 Å². The molecule has 2 amide bonds. The van der Waals surface area contributed by atoms with E-state index < -0.39 is 11.5 Å². The number of rotatable bonds is 9. The first kappa shape index (κ1) is 24.1. The molecule has 0 unspecified atom stereocenters. The number of nitrogens with one attached hydrogen (secondary N) is 1. The van der Waals surface area contributed by atoms with Crippen LogP contribution in [0.25, 0.3) is 0 Å². The van der Waals surface area contributed by atoms with Crippen molar-refractivity contribution >= 4 is 51.7 Å².